The van der Waals surface area contributed by atoms with Crippen molar-refractivity contribution in [2.75, 3.05) is 10.6 Å². The molecule has 2 heterocycles. The van der Waals surface area contributed by atoms with Crippen LogP contribution >= 0.6 is 11.3 Å². The fraction of sp³-hybridized carbons (Fsp3) is 0.0455. The van der Waals surface area contributed by atoms with Crippen LogP contribution in [0.4, 0.5) is 11.4 Å². The van der Waals surface area contributed by atoms with Gasteiger partial charge in [-0.1, -0.05) is 30.3 Å². The average Bonchev–Trinajstić information content (AvgIpc) is 3.26. The van der Waals surface area contributed by atoms with Gasteiger partial charge in [0.2, 0.25) is 0 Å². The number of anilines is 2. The van der Waals surface area contributed by atoms with Crippen LogP contribution in [0.3, 0.4) is 0 Å². The predicted molar refractivity (Wildman–Crippen MR) is 116 cm³/mol. The third-order valence-corrected chi connectivity index (χ3v) is 5.39. The van der Waals surface area contributed by atoms with Crippen molar-refractivity contribution in [3.63, 3.8) is 0 Å². The van der Waals surface area contributed by atoms with Gasteiger partial charge in [0.15, 0.2) is 0 Å². The Morgan fingerprint density at radius 2 is 1.59 bits per heavy atom. The van der Waals surface area contributed by atoms with Crippen molar-refractivity contribution in [3.8, 4) is 0 Å². The number of nitrogens with one attached hydrogen (secondary N) is 2. The molecule has 0 bridgehead atoms. The first kappa shape index (κ1) is 18.6. The average molecular weight is 403 g/mol. The van der Waals surface area contributed by atoms with Gasteiger partial charge in [0.05, 0.1) is 16.0 Å². The number of hydrogen-bond donors (Lipinski definition) is 2. The number of thiophene rings is 1. The normalized spacial score (nSPS) is 10.7. The second kappa shape index (κ2) is 7.73. The van der Waals surface area contributed by atoms with E-state index in [2.05, 4.69) is 10.6 Å². The summed E-state index contributed by atoms with van der Waals surface area (Å²) in [5, 5.41) is 8.14. The molecule has 4 aromatic rings. The van der Waals surface area contributed by atoms with E-state index < -0.39 is 0 Å². The van der Waals surface area contributed by atoms with E-state index in [0.717, 1.165) is 0 Å². The Balaban J connectivity index is 1.60. The molecule has 4 rings (SSSR count). The SMILES string of the molecule is Cn1c(=O)cc(C(=O)Nc2cccc(NC(=O)c3cccs3)c2)c2ccccc21. The minimum absolute atomic E-state index is 0.207. The van der Waals surface area contributed by atoms with Crippen LogP contribution in [0.1, 0.15) is 20.0 Å². The second-order valence-electron chi connectivity index (χ2n) is 6.44. The van der Waals surface area contributed by atoms with Crippen molar-refractivity contribution in [1.82, 2.24) is 4.57 Å². The third kappa shape index (κ3) is 3.81. The summed E-state index contributed by atoms with van der Waals surface area (Å²) in [4.78, 5) is 37.9. The maximum absolute atomic E-state index is 12.9. The Kier molecular flexibility index (Phi) is 4.97. The number of rotatable bonds is 4. The lowest BCUT2D eigenvalue weighted by Crippen LogP contribution is -2.21. The van der Waals surface area contributed by atoms with Gasteiger partial charge in [-0.25, -0.2) is 0 Å². The monoisotopic (exact) mass is 403 g/mol. The molecule has 144 valence electrons. The number of hydrogen-bond acceptors (Lipinski definition) is 4. The van der Waals surface area contributed by atoms with E-state index in [1.165, 1.54) is 22.0 Å². The van der Waals surface area contributed by atoms with Crippen LogP contribution in [-0.2, 0) is 7.05 Å². The molecule has 29 heavy (non-hydrogen) atoms. The molecule has 0 aliphatic heterocycles. The molecule has 0 saturated heterocycles. The summed E-state index contributed by atoms with van der Waals surface area (Å²) < 4.78 is 1.51. The molecular formula is C22H17N3O3S. The van der Waals surface area contributed by atoms with Gasteiger partial charge < -0.3 is 15.2 Å². The van der Waals surface area contributed by atoms with Crippen LogP contribution < -0.4 is 16.2 Å². The molecule has 2 N–H and O–H groups in total. The largest absolute Gasteiger partial charge is 0.322 e. The highest BCUT2D eigenvalue weighted by Crippen LogP contribution is 2.21. The number of carbonyl (C=O) groups is 2. The number of benzene rings is 2. The van der Waals surface area contributed by atoms with E-state index in [1.54, 1.807) is 49.5 Å². The van der Waals surface area contributed by atoms with Crippen LogP contribution in [0.15, 0.2) is 76.9 Å². The maximum Gasteiger partial charge on any atom is 0.265 e. The van der Waals surface area contributed by atoms with Crippen molar-refractivity contribution in [2.45, 2.75) is 0 Å². The van der Waals surface area contributed by atoms with Gasteiger partial charge in [-0.2, -0.15) is 0 Å². The van der Waals surface area contributed by atoms with Crippen LogP contribution in [0, 0.1) is 0 Å². The molecule has 6 nitrogen and oxygen atoms in total. The fourth-order valence-corrected chi connectivity index (χ4v) is 3.69. The number of carbonyl (C=O) groups excluding carboxylic acids is 2. The van der Waals surface area contributed by atoms with Crippen LogP contribution in [0.25, 0.3) is 10.9 Å². The molecule has 2 amide bonds. The number of para-hydroxylation sites is 1. The molecule has 0 aliphatic rings. The number of amides is 2. The Hall–Kier alpha value is -3.71. The Labute approximate surface area is 170 Å². The molecular weight excluding hydrogens is 386 g/mol. The number of pyridine rings is 1. The quantitative estimate of drug-likeness (QED) is 0.538. The van der Waals surface area contributed by atoms with E-state index in [-0.39, 0.29) is 17.4 Å². The summed E-state index contributed by atoms with van der Waals surface area (Å²) in [5.74, 6) is -0.596. The number of nitrogens with zero attached hydrogens (tertiary/aromatic N) is 1. The molecule has 0 atom stereocenters. The highest BCUT2D eigenvalue weighted by Gasteiger charge is 2.14. The highest BCUT2D eigenvalue weighted by molar-refractivity contribution is 7.12. The predicted octanol–water partition coefficient (Wildman–Crippen LogP) is 4.10. The summed E-state index contributed by atoms with van der Waals surface area (Å²) in [6.07, 6.45) is 0. The highest BCUT2D eigenvalue weighted by atomic mass is 32.1. The van der Waals surface area contributed by atoms with E-state index >= 15 is 0 Å². The second-order valence-corrected chi connectivity index (χ2v) is 7.39. The van der Waals surface area contributed by atoms with Crippen molar-refractivity contribution in [2.24, 2.45) is 7.05 Å². The van der Waals surface area contributed by atoms with Crippen molar-refractivity contribution < 1.29 is 9.59 Å². The summed E-state index contributed by atoms with van der Waals surface area (Å²) in [5.41, 5.74) is 1.81. The summed E-state index contributed by atoms with van der Waals surface area (Å²) in [7, 11) is 1.67. The molecule has 0 spiro atoms. The Morgan fingerprint density at radius 1 is 0.862 bits per heavy atom. The van der Waals surface area contributed by atoms with Gasteiger partial charge in [-0.15, -0.1) is 11.3 Å². The number of fused-ring (bicyclic) bond motifs is 1. The summed E-state index contributed by atoms with van der Waals surface area (Å²) >= 11 is 1.35. The van der Waals surface area contributed by atoms with Gasteiger partial charge >= 0.3 is 0 Å². The van der Waals surface area contributed by atoms with Gasteiger partial charge in [-0.3, -0.25) is 14.4 Å². The van der Waals surface area contributed by atoms with Crippen molar-refractivity contribution in [1.29, 1.82) is 0 Å². The van der Waals surface area contributed by atoms with E-state index in [9.17, 15) is 14.4 Å². The summed E-state index contributed by atoms with van der Waals surface area (Å²) in [6, 6.07) is 19.0. The van der Waals surface area contributed by atoms with Crippen molar-refractivity contribution in [3.05, 3.63) is 92.9 Å². The number of aromatic nitrogens is 1. The Bertz CT molecular complexity index is 1280. The molecule has 2 aromatic carbocycles. The van der Waals surface area contributed by atoms with Gasteiger partial charge in [0.25, 0.3) is 17.4 Å². The third-order valence-electron chi connectivity index (χ3n) is 4.52. The minimum atomic E-state index is -0.388. The lowest BCUT2D eigenvalue weighted by atomic mass is 10.1. The molecule has 7 heteroatoms. The van der Waals surface area contributed by atoms with Gasteiger partial charge in [-0.05, 0) is 35.7 Å². The fourth-order valence-electron chi connectivity index (χ4n) is 3.07. The Morgan fingerprint density at radius 3 is 2.31 bits per heavy atom. The smallest absolute Gasteiger partial charge is 0.265 e. The zero-order chi connectivity index (χ0) is 20.4. The lowest BCUT2D eigenvalue weighted by molar-refractivity contribution is 0.102. The first-order chi connectivity index (χ1) is 14.0. The molecule has 0 aliphatic carbocycles. The van der Waals surface area contributed by atoms with Crippen LogP contribution in [0.2, 0.25) is 0 Å². The minimum Gasteiger partial charge on any atom is -0.322 e. The maximum atomic E-state index is 12.9. The van der Waals surface area contributed by atoms with Crippen molar-refractivity contribution >= 4 is 45.4 Å². The molecule has 0 unspecified atom stereocenters. The molecule has 2 aromatic heterocycles. The topological polar surface area (TPSA) is 80.2 Å². The van der Waals surface area contributed by atoms with E-state index in [1.807, 2.05) is 23.6 Å². The standard InChI is InChI=1S/C22H17N3O3S/c1-25-18-9-3-2-8-16(18)17(13-20(25)26)21(27)23-14-6-4-7-15(12-14)24-22(28)19-10-5-11-29-19/h2-13H,1H3,(H,23,27)(H,24,28). The molecule has 0 fully saturated rings. The lowest BCUT2D eigenvalue weighted by Gasteiger charge is -2.11. The van der Waals surface area contributed by atoms with Crippen LogP contribution in [-0.4, -0.2) is 16.4 Å². The molecule has 0 radical (unpaired) electrons. The zero-order valence-corrected chi connectivity index (χ0v) is 16.3. The zero-order valence-electron chi connectivity index (χ0n) is 15.5. The van der Waals surface area contributed by atoms with Gasteiger partial charge in [0.1, 0.15) is 0 Å². The molecule has 0 saturated carbocycles. The first-order valence-electron chi connectivity index (χ1n) is 8.88. The number of aryl methyl sites for hydroxylation is 1. The first-order valence-corrected chi connectivity index (χ1v) is 9.76. The van der Waals surface area contributed by atoms with E-state index in [4.69, 9.17) is 0 Å². The van der Waals surface area contributed by atoms with Gasteiger partial charge in [0, 0.05) is 29.9 Å². The van der Waals surface area contributed by atoms with Crippen LogP contribution in [0.5, 0.6) is 0 Å². The summed E-state index contributed by atoms with van der Waals surface area (Å²) in [6.45, 7) is 0. The van der Waals surface area contributed by atoms with E-state index in [0.29, 0.717) is 32.7 Å².